The van der Waals surface area contributed by atoms with E-state index in [1.54, 1.807) is 67.7 Å². The molecule has 0 aliphatic rings. The van der Waals surface area contributed by atoms with Crippen molar-refractivity contribution in [3.63, 3.8) is 0 Å². The molecule has 6 N–H and O–H groups in total. The van der Waals surface area contributed by atoms with Gasteiger partial charge in [0.1, 0.15) is 42.8 Å². The molecule has 0 spiro atoms. The van der Waals surface area contributed by atoms with Gasteiger partial charge in [-0.15, -0.1) is 0 Å². The molecule has 0 aromatic rings. The Balaban J connectivity index is 6.92. The summed E-state index contributed by atoms with van der Waals surface area (Å²) < 4.78 is 5.88. The van der Waals surface area contributed by atoms with Crippen molar-refractivity contribution in [2.75, 3.05) is 69.1 Å². The minimum Gasteiger partial charge on any atom is -0.480 e. The molecule has 0 aliphatic carbocycles. The van der Waals surface area contributed by atoms with Gasteiger partial charge in [-0.3, -0.25) is 52.7 Å². The molecule has 0 radical (unpaired) electrons. The Morgan fingerprint density at radius 2 is 1.04 bits per heavy atom. The highest BCUT2D eigenvalue weighted by atomic mass is 16.5. The fourth-order valence-corrected chi connectivity index (χ4v) is 11.2. The topological polar surface area (TPSA) is 313 Å². The first-order chi connectivity index (χ1) is 41.7. The fourth-order valence-electron chi connectivity index (χ4n) is 11.2. The Kier molecular flexibility index (Phi) is 38.2. The zero-order chi connectivity index (χ0) is 69.9. The van der Waals surface area contributed by atoms with Crippen LogP contribution in [-0.4, -0.2) is 239 Å². The Morgan fingerprint density at radius 1 is 0.556 bits per heavy atom. The number of amides is 8. The van der Waals surface area contributed by atoms with Gasteiger partial charge in [0.15, 0.2) is 11.6 Å². The van der Waals surface area contributed by atoms with Gasteiger partial charge in [0, 0.05) is 80.2 Å². The number of carboxylic acid groups (broad SMARTS) is 1. The van der Waals surface area contributed by atoms with Gasteiger partial charge in [0.2, 0.25) is 47.3 Å². The molecule has 24 nitrogen and oxygen atoms in total. The lowest BCUT2D eigenvalue weighted by atomic mass is 9.85. The summed E-state index contributed by atoms with van der Waals surface area (Å²) in [6.45, 7) is 28.0. The van der Waals surface area contributed by atoms with Crippen LogP contribution in [-0.2, 0) is 57.5 Å². The van der Waals surface area contributed by atoms with Crippen LogP contribution >= 0.6 is 0 Å². The molecule has 90 heavy (non-hydrogen) atoms. The van der Waals surface area contributed by atoms with Crippen LogP contribution in [0, 0.1) is 47.3 Å². The molecule has 0 aromatic carbocycles. The summed E-state index contributed by atoms with van der Waals surface area (Å²) >= 11 is 0. The van der Waals surface area contributed by atoms with Crippen molar-refractivity contribution in [3.05, 3.63) is 12.2 Å². The Hall–Kier alpha value is -5.85. The van der Waals surface area contributed by atoms with Crippen LogP contribution in [0.2, 0.25) is 0 Å². The van der Waals surface area contributed by atoms with Gasteiger partial charge in [0.05, 0.1) is 24.3 Å². The van der Waals surface area contributed by atoms with Gasteiger partial charge in [0.25, 0.3) is 0 Å². The predicted molar refractivity (Wildman–Crippen MR) is 347 cm³/mol. The molecular weight excluding hydrogens is 1160 g/mol. The van der Waals surface area contributed by atoms with E-state index in [0.29, 0.717) is 25.9 Å². The molecule has 518 valence electrons. The van der Waals surface area contributed by atoms with E-state index in [2.05, 4.69) is 16.0 Å². The molecule has 13 atom stereocenters. The molecule has 0 bridgehead atoms. The van der Waals surface area contributed by atoms with E-state index in [-0.39, 0.29) is 86.3 Å². The first kappa shape index (κ1) is 84.2. The van der Waals surface area contributed by atoms with E-state index in [9.17, 15) is 58.2 Å². The third-order valence-corrected chi connectivity index (χ3v) is 16.9. The lowest BCUT2D eigenvalue weighted by Gasteiger charge is -2.41. The number of aliphatic hydroxyl groups is 2. The summed E-state index contributed by atoms with van der Waals surface area (Å²) in [6.07, 6.45) is 3.32. The number of aliphatic carboxylic acids is 1. The maximum atomic E-state index is 15.1. The number of Topliss-reactive ketones (excluding diaryl/α,β-unsaturated/α-hetero) is 2. The third kappa shape index (κ3) is 26.0. The number of hydrogen-bond acceptors (Lipinski definition) is 15. The van der Waals surface area contributed by atoms with E-state index in [0.717, 1.165) is 9.80 Å². The predicted octanol–water partition coefficient (Wildman–Crippen LogP) is 4.41. The highest BCUT2D eigenvalue weighted by Gasteiger charge is 2.45. The number of ether oxygens (including phenoxy) is 1. The van der Waals surface area contributed by atoms with E-state index in [1.807, 2.05) is 55.4 Å². The Labute approximate surface area is 538 Å². The number of ketones is 2. The second kappa shape index (κ2) is 40.9. The molecule has 0 rings (SSSR count). The van der Waals surface area contributed by atoms with Crippen LogP contribution in [0.5, 0.6) is 0 Å². The van der Waals surface area contributed by atoms with Gasteiger partial charge in [-0.05, 0) is 108 Å². The maximum absolute atomic E-state index is 15.1. The van der Waals surface area contributed by atoms with Crippen molar-refractivity contribution in [1.29, 1.82) is 0 Å². The van der Waals surface area contributed by atoms with Crippen molar-refractivity contribution < 1.29 is 72.8 Å². The maximum Gasteiger partial charge on any atom is 0.323 e. The average Bonchev–Trinajstić information content (AvgIpc) is 1.17. The number of rotatable bonds is 43. The van der Waals surface area contributed by atoms with Crippen LogP contribution in [0.1, 0.15) is 169 Å². The number of likely N-dealkylation sites (N-methyl/N-ethyl adjacent to an activating group) is 7. The third-order valence-electron chi connectivity index (χ3n) is 16.9. The molecule has 0 heterocycles. The lowest BCUT2D eigenvalue weighted by Crippen LogP contribution is -2.63. The molecule has 0 fully saturated rings. The number of carbonyl (C=O) groups excluding carboxylic acids is 10. The Morgan fingerprint density at radius 3 is 1.50 bits per heavy atom. The number of allylic oxidation sites excluding steroid dienone is 2. The molecule has 0 aliphatic heterocycles. The normalized spacial score (nSPS) is 16.2. The summed E-state index contributed by atoms with van der Waals surface area (Å²) in [7, 11) is 10.1. The zero-order valence-electron chi connectivity index (χ0n) is 59.0. The van der Waals surface area contributed by atoms with Crippen LogP contribution in [0.4, 0.5) is 0 Å². The monoisotopic (exact) mass is 1280 g/mol. The van der Waals surface area contributed by atoms with Crippen LogP contribution < -0.4 is 16.0 Å². The van der Waals surface area contributed by atoms with Gasteiger partial charge in [-0.1, -0.05) is 102 Å². The lowest BCUT2D eigenvalue weighted by molar-refractivity contribution is -0.157. The molecule has 0 unspecified atom stereocenters. The molecule has 0 saturated heterocycles. The number of nitrogens with one attached hydrogen (secondary N) is 3. The van der Waals surface area contributed by atoms with Crippen LogP contribution in [0.25, 0.3) is 0 Å². The van der Waals surface area contributed by atoms with Crippen molar-refractivity contribution in [2.45, 2.75) is 229 Å². The standard InChI is InChI=1S/C66H119N9O15/c1-24-26-29-43(13)58(81)57(60(83)69-48(25-2)63(86)70(18)37-54(79)80)75(23)66(89)56(42(11)12)74(22)65(88)51(34-40(7)8)73(21)64(87)50(33-39(5)6)72(20)61(84)45(15)68-59(82)44(14)35-52(77)49(32-38(3)4)71(19)62(85)47(41(9)10)36-53(78)55(67-17)46(16)90-31-28-27-30-76/h24,26,38-51,55-58,67,76,81H,25,27-37H2,1-23H3,(H,68,82)(H,69,83)(H,79,80)/b26-24+/t43-,44-,45-,46+,47+,48+,49+,50+,51+,55+,56+,57+,58-/m1/s1. The number of aliphatic hydroxyl groups excluding tert-OH is 2. The minimum absolute atomic E-state index is 0.0317. The number of hydrogen-bond donors (Lipinski definition) is 6. The summed E-state index contributed by atoms with van der Waals surface area (Å²) in [5.41, 5.74) is 0. The van der Waals surface area contributed by atoms with Crippen LogP contribution in [0.3, 0.4) is 0 Å². The fraction of sp³-hybridized carbons (Fsp3) is 0.803. The van der Waals surface area contributed by atoms with Gasteiger partial charge < -0.3 is 65.4 Å². The van der Waals surface area contributed by atoms with Gasteiger partial charge in [-0.25, -0.2) is 0 Å². The van der Waals surface area contributed by atoms with Gasteiger partial charge >= 0.3 is 5.97 Å². The van der Waals surface area contributed by atoms with Crippen molar-refractivity contribution in [1.82, 2.24) is 45.3 Å². The summed E-state index contributed by atoms with van der Waals surface area (Å²) in [5.74, 6) is -10.6. The summed E-state index contributed by atoms with van der Waals surface area (Å²) in [4.78, 5) is 162. The highest BCUT2D eigenvalue weighted by Crippen LogP contribution is 2.27. The average molecular weight is 1280 g/mol. The molecular formula is C66H119N9O15. The van der Waals surface area contributed by atoms with Crippen LogP contribution in [0.15, 0.2) is 12.2 Å². The largest absolute Gasteiger partial charge is 0.480 e. The number of carboxylic acids is 1. The SMILES string of the molecule is C/C=C/C[C@@H](C)[C@@H](O)[C@@H](C(=O)N[C@@H](CC)C(=O)N(C)CC(=O)O)N(C)C(=O)[C@H](C(C)C)N(C)C(=O)[C@H](CC(C)C)N(C)C(=O)[C@H](CC(C)C)N(C)C(=O)[C@@H](C)NC(=O)[C@H](C)CC(=O)[C@H](CC(C)C)N(C)C(=O)[C@@H](CC(=O)[C@@H](NC)[C@H](C)OCCCCO)C(C)C. The molecule has 0 saturated carbocycles. The summed E-state index contributed by atoms with van der Waals surface area (Å²) in [5, 5.41) is 38.7. The quantitative estimate of drug-likeness (QED) is 0.0364. The second-order valence-electron chi connectivity index (χ2n) is 26.7. The molecule has 24 heteroatoms. The zero-order valence-corrected chi connectivity index (χ0v) is 59.0. The number of carbonyl (C=O) groups is 11. The van der Waals surface area contributed by atoms with Gasteiger partial charge in [-0.2, -0.15) is 0 Å². The minimum atomic E-state index is -1.59. The Bertz CT molecular complexity index is 2370. The highest BCUT2D eigenvalue weighted by molar-refractivity contribution is 5.99. The smallest absolute Gasteiger partial charge is 0.323 e. The van der Waals surface area contributed by atoms with Crippen molar-refractivity contribution in [3.8, 4) is 0 Å². The summed E-state index contributed by atoms with van der Waals surface area (Å²) in [6, 6.07) is -9.21. The second-order valence-corrected chi connectivity index (χ2v) is 26.7. The van der Waals surface area contributed by atoms with E-state index in [1.165, 1.54) is 68.8 Å². The number of nitrogens with zero attached hydrogens (tertiary/aromatic N) is 6. The van der Waals surface area contributed by atoms with E-state index < -0.39 is 138 Å². The molecule has 0 aromatic heterocycles. The van der Waals surface area contributed by atoms with Crippen molar-refractivity contribution >= 4 is 64.8 Å². The van der Waals surface area contributed by atoms with E-state index in [4.69, 9.17) is 9.84 Å². The van der Waals surface area contributed by atoms with Crippen molar-refractivity contribution in [2.24, 2.45) is 47.3 Å². The first-order valence-corrected chi connectivity index (χ1v) is 32.4. The first-order valence-electron chi connectivity index (χ1n) is 32.4. The number of unbranched alkanes of at least 4 members (excludes halogenated alkanes) is 1. The molecule has 8 amide bonds. The van der Waals surface area contributed by atoms with E-state index >= 15 is 4.79 Å².